The molecular weight excluding hydrogens is 296 g/mol. The van der Waals surface area contributed by atoms with Crippen molar-refractivity contribution in [2.75, 3.05) is 32.8 Å². The van der Waals surface area contributed by atoms with Crippen molar-refractivity contribution in [2.45, 2.75) is 20.4 Å². The molecule has 2 heterocycles. The van der Waals surface area contributed by atoms with Crippen molar-refractivity contribution in [1.29, 1.82) is 0 Å². The van der Waals surface area contributed by atoms with Crippen LogP contribution >= 0.6 is 11.6 Å². The summed E-state index contributed by atoms with van der Waals surface area (Å²) in [4.78, 5) is 27.1. The van der Waals surface area contributed by atoms with Crippen molar-refractivity contribution in [3.8, 4) is 0 Å². The van der Waals surface area contributed by atoms with Crippen LogP contribution in [0.5, 0.6) is 0 Å². The summed E-state index contributed by atoms with van der Waals surface area (Å²) in [6, 6.07) is 0. The van der Waals surface area contributed by atoms with Crippen LogP contribution in [0.15, 0.2) is 6.20 Å². The summed E-state index contributed by atoms with van der Waals surface area (Å²) >= 11 is 5.92. The van der Waals surface area contributed by atoms with Crippen molar-refractivity contribution in [3.63, 3.8) is 0 Å². The van der Waals surface area contributed by atoms with E-state index >= 15 is 0 Å². The summed E-state index contributed by atoms with van der Waals surface area (Å²) in [7, 11) is 0. The van der Waals surface area contributed by atoms with Crippen LogP contribution in [-0.2, 0) is 16.1 Å². The molecule has 7 nitrogen and oxygen atoms in total. The number of ether oxygens (including phenoxy) is 1. The molecule has 0 aromatic carbocycles. The fourth-order valence-electron chi connectivity index (χ4n) is 2.17. The Morgan fingerprint density at radius 2 is 1.90 bits per heavy atom. The first-order valence-electron chi connectivity index (χ1n) is 6.90. The summed E-state index contributed by atoms with van der Waals surface area (Å²) in [5.74, 6) is -0.0299. The van der Waals surface area contributed by atoms with Gasteiger partial charge in [-0.3, -0.25) is 9.48 Å². The zero-order valence-electron chi connectivity index (χ0n) is 12.2. The molecule has 1 aromatic heterocycles. The van der Waals surface area contributed by atoms with E-state index in [0.29, 0.717) is 43.5 Å². The molecule has 2 rings (SSSR count). The molecule has 1 aliphatic rings. The quantitative estimate of drug-likeness (QED) is 0.839. The van der Waals surface area contributed by atoms with E-state index in [9.17, 15) is 9.59 Å². The number of rotatable bonds is 3. The van der Waals surface area contributed by atoms with E-state index in [1.165, 1.54) is 4.68 Å². The van der Waals surface area contributed by atoms with Gasteiger partial charge in [-0.1, -0.05) is 11.6 Å². The molecule has 0 unspecified atom stereocenters. The molecule has 0 spiro atoms. The predicted molar refractivity (Wildman–Crippen MR) is 77.1 cm³/mol. The van der Waals surface area contributed by atoms with Gasteiger partial charge in [0.05, 0.1) is 17.3 Å². The minimum absolute atomic E-state index is 0.0299. The highest BCUT2D eigenvalue weighted by molar-refractivity contribution is 6.31. The SMILES string of the molecule is CCOC(=O)N1CCN(C(=O)Cn2cc(Cl)c(C)n2)CC1. The van der Waals surface area contributed by atoms with Crippen molar-refractivity contribution in [3.05, 3.63) is 16.9 Å². The molecule has 1 aliphatic heterocycles. The molecule has 0 bridgehead atoms. The monoisotopic (exact) mass is 314 g/mol. The van der Waals surface area contributed by atoms with Gasteiger partial charge in [-0.2, -0.15) is 5.10 Å². The predicted octanol–water partition coefficient (Wildman–Crippen LogP) is 1.15. The van der Waals surface area contributed by atoms with Crippen LogP contribution < -0.4 is 0 Å². The number of aromatic nitrogens is 2. The Morgan fingerprint density at radius 3 is 2.43 bits per heavy atom. The lowest BCUT2D eigenvalue weighted by molar-refractivity contribution is -0.133. The maximum atomic E-state index is 12.2. The maximum Gasteiger partial charge on any atom is 0.409 e. The average Bonchev–Trinajstić information content (AvgIpc) is 2.77. The van der Waals surface area contributed by atoms with Gasteiger partial charge in [0.1, 0.15) is 6.54 Å². The van der Waals surface area contributed by atoms with Crippen molar-refractivity contribution in [1.82, 2.24) is 19.6 Å². The lowest BCUT2D eigenvalue weighted by Gasteiger charge is -2.34. The second kappa shape index (κ2) is 6.80. The van der Waals surface area contributed by atoms with Gasteiger partial charge in [-0.25, -0.2) is 4.79 Å². The fraction of sp³-hybridized carbons (Fsp3) is 0.615. The van der Waals surface area contributed by atoms with Crippen LogP contribution in [0.1, 0.15) is 12.6 Å². The van der Waals surface area contributed by atoms with Crippen molar-refractivity contribution >= 4 is 23.6 Å². The number of carbonyl (C=O) groups excluding carboxylic acids is 2. The number of piperazine rings is 1. The summed E-state index contributed by atoms with van der Waals surface area (Å²) in [6.45, 7) is 6.07. The van der Waals surface area contributed by atoms with Crippen LogP contribution in [0.25, 0.3) is 0 Å². The normalized spacial score (nSPS) is 15.2. The largest absolute Gasteiger partial charge is 0.450 e. The van der Waals surface area contributed by atoms with Gasteiger partial charge in [-0.15, -0.1) is 0 Å². The molecule has 0 N–H and O–H groups in total. The molecule has 21 heavy (non-hydrogen) atoms. The van der Waals surface area contributed by atoms with E-state index in [0.717, 1.165) is 0 Å². The fourth-order valence-corrected chi connectivity index (χ4v) is 2.32. The molecule has 116 valence electrons. The first-order valence-corrected chi connectivity index (χ1v) is 7.28. The van der Waals surface area contributed by atoms with E-state index in [4.69, 9.17) is 16.3 Å². The maximum absolute atomic E-state index is 12.2. The topological polar surface area (TPSA) is 67.7 Å². The third-order valence-electron chi connectivity index (χ3n) is 3.34. The molecule has 0 aliphatic carbocycles. The lowest BCUT2D eigenvalue weighted by atomic mass is 10.3. The van der Waals surface area contributed by atoms with Crippen molar-refractivity contribution in [2.24, 2.45) is 0 Å². The van der Waals surface area contributed by atoms with Gasteiger partial charge in [0, 0.05) is 32.4 Å². The van der Waals surface area contributed by atoms with Crippen LogP contribution in [0, 0.1) is 6.92 Å². The van der Waals surface area contributed by atoms with Gasteiger partial charge < -0.3 is 14.5 Å². The summed E-state index contributed by atoms with van der Waals surface area (Å²) in [5.41, 5.74) is 0.705. The summed E-state index contributed by atoms with van der Waals surface area (Å²) in [5, 5.41) is 4.72. The van der Waals surface area contributed by atoms with E-state index < -0.39 is 0 Å². The zero-order valence-corrected chi connectivity index (χ0v) is 13.0. The van der Waals surface area contributed by atoms with E-state index in [2.05, 4.69) is 5.10 Å². The highest BCUT2D eigenvalue weighted by atomic mass is 35.5. The number of hydrogen-bond acceptors (Lipinski definition) is 4. The average molecular weight is 315 g/mol. The molecule has 0 radical (unpaired) electrons. The second-order valence-electron chi connectivity index (χ2n) is 4.83. The number of amides is 2. The van der Waals surface area contributed by atoms with Gasteiger partial charge in [-0.05, 0) is 13.8 Å². The molecular formula is C13H19ClN4O3. The van der Waals surface area contributed by atoms with Gasteiger partial charge in [0.2, 0.25) is 5.91 Å². The lowest BCUT2D eigenvalue weighted by Crippen LogP contribution is -2.51. The van der Waals surface area contributed by atoms with E-state index in [-0.39, 0.29) is 18.5 Å². The zero-order chi connectivity index (χ0) is 15.4. The molecule has 1 aromatic rings. The van der Waals surface area contributed by atoms with Gasteiger partial charge in [0.25, 0.3) is 0 Å². The molecule has 1 saturated heterocycles. The van der Waals surface area contributed by atoms with Gasteiger partial charge in [0.15, 0.2) is 0 Å². The van der Waals surface area contributed by atoms with Gasteiger partial charge >= 0.3 is 6.09 Å². The number of hydrogen-bond donors (Lipinski definition) is 0. The second-order valence-corrected chi connectivity index (χ2v) is 5.23. The Bertz CT molecular complexity index is 504. The van der Waals surface area contributed by atoms with E-state index in [1.807, 2.05) is 0 Å². The third-order valence-corrected chi connectivity index (χ3v) is 3.71. The number of nitrogens with zero attached hydrogens (tertiary/aromatic N) is 4. The van der Waals surface area contributed by atoms with Crippen molar-refractivity contribution < 1.29 is 14.3 Å². The smallest absolute Gasteiger partial charge is 0.409 e. The Morgan fingerprint density at radius 1 is 1.29 bits per heavy atom. The Labute approximate surface area is 128 Å². The molecule has 0 atom stereocenters. The molecule has 8 heteroatoms. The van der Waals surface area contributed by atoms with Crippen LogP contribution in [-0.4, -0.2) is 64.4 Å². The van der Waals surface area contributed by atoms with E-state index in [1.54, 1.807) is 29.8 Å². The summed E-state index contributed by atoms with van der Waals surface area (Å²) in [6.07, 6.45) is 1.32. The Kier molecular flexibility index (Phi) is 5.06. The Balaban J connectivity index is 1.84. The number of carbonyl (C=O) groups is 2. The first kappa shape index (κ1) is 15.6. The molecule has 0 saturated carbocycles. The highest BCUT2D eigenvalue weighted by Gasteiger charge is 2.25. The third kappa shape index (κ3) is 3.87. The van der Waals surface area contributed by atoms with Crippen LogP contribution in [0.2, 0.25) is 5.02 Å². The minimum Gasteiger partial charge on any atom is -0.450 e. The van der Waals surface area contributed by atoms with Crippen LogP contribution in [0.3, 0.4) is 0 Å². The highest BCUT2D eigenvalue weighted by Crippen LogP contribution is 2.12. The Hall–Kier alpha value is -1.76. The first-order chi connectivity index (χ1) is 10.0. The summed E-state index contributed by atoms with van der Waals surface area (Å²) < 4.78 is 6.48. The van der Waals surface area contributed by atoms with Crippen LogP contribution in [0.4, 0.5) is 4.79 Å². The standard InChI is InChI=1S/C13H19ClN4O3/c1-3-21-13(20)17-6-4-16(5-7-17)12(19)9-18-8-11(14)10(2)15-18/h8H,3-7,9H2,1-2H3. The number of halogens is 1. The number of aryl methyl sites for hydroxylation is 1. The minimum atomic E-state index is -0.320. The molecule has 2 amide bonds. The molecule has 1 fully saturated rings.